The number of piperazine rings is 1. The summed E-state index contributed by atoms with van der Waals surface area (Å²) in [6.45, 7) is 7.52. The van der Waals surface area contributed by atoms with Crippen LogP contribution in [0.2, 0.25) is 5.02 Å². The summed E-state index contributed by atoms with van der Waals surface area (Å²) in [4.78, 5) is 17.8. The van der Waals surface area contributed by atoms with E-state index in [0.717, 1.165) is 50.4 Å². The second kappa shape index (κ2) is 11.9. The van der Waals surface area contributed by atoms with Gasteiger partial charge in [-0.05, 0) is 37.3 Å². The van der Waals surface area contributed by atoms with Crippen LogP contribution in [-0.4, -0.2) is 66.7 Å². The molecule has 1 fully saturated rings. The number of ether oxygens (including phenoxy) is 1. The predicted octanol–water partition coefficient (Wildman–Crippen LogP) is 2.91. The number of hydrogen-bond donors (Lipinski definition) is 1. The van der Waals surface area contributed by atoms with Gasteiger partial charge in [0.1, 0.15) is 12.4 Å². The second-order valence-corrected chi connectivity index (χ2v) is 6.50. The number of guanidine groups is 1. The first-order valence-corrected chi connectivity index (χ1v) is 9.57. The lowest BCUT2D eigenvalue weighted by Crippen LogP contribution is -2.53. The van der Waals surface area contributed by atoms with E-state index < -0.39 is 0 Å². The zero-order valence-electron chi connectivity index (χ0n) is 15.9. The molecule has 0 radical (unpaired) electrons. The molecule has 1 aromatic carbocycles. The lowest BCUT2D eigenvalue weighted by Gasteiger charge is -2.36. The highest BCUT2D eigenvalue weighted by Gasteiger charge is 2.20. The van der Waals surface area contributed by atoms with E-state index in [1.54, 1.807) is 12.4 Å². The van der Waals surface area contributed by atoms with Gasteiger partial charge in [0, 0.05) is 50.1 Å². The molecule has 1 aliphatic rings. The van der Waals surface area contributed by atoms with Crippen molar-refractivity contribution in [2.24, 2.45) is 4.99 Å². The predicted molar refractivity (Wildman–Crippen MR) is 124 cm³/mol. The third-order valence-corrected chi connectivity index (χ3v) is 4.44. The molecule has 9 heteroatoms. The van der Waals surface area contributed by atoms with E-state index >= 15 is 0 Å². The van der Waals surface area contributed by atoms with Crippen molar-refractivity contribution in [2.75, 3.05) is 50.8 Å². The molecule has 2 aromatic rings. The number of halogens is 2. The molecule has 0 aliphatic carbocycles. The van der Waals surface area contributed by atoms with Crippen molar-refractivity contribution in [1.82, 2.24) is 20.2 Å². The van der Waals surface area contributed by atoms with Crippen LogP contribution in [0, 0.1) is 0 Å². The first kappa shape index (κ1) is 22.5. The summed E-state index contributed by atoms with van der Waals surface area (Å²) in [6, 6.07) is 9.20. The molecule has 0 bridgehead atoms. The first-order valence-electron chi connectivity index (χ1n) is 9.20. The quantitative estimate of drug-likeness (QED) is 0.276. The van der Waals surface area contributed by atoms with Crippen molar-refractivity contribution in [3.63, 3.8) is 0 Å². The topological polar surface area (TPSA) is 65.9 Å². The van der Waals surface area contributed by atoms with Gasteiger partial charge in [0.2, 0.25) is 5.95 Å². The molecule has 28 heavy (non-hydrogen) atoms. The van der Waals surface area contributed by atoms with Crippen LogP contribution in [0.25, 0.3) is 0 Å². The van der Waals surface area contributed by atoms with Gasteiger partial charge in [-0.3, -0.25) is 0 Å². The minimum absolute atomic E-state index is 0. The molecule has 0 atom stereocenters. The number of benzene rings is 1. The maximum Gasteiger partial charge on any atom is 0.225 e. The summed E-state index contributed by atoms with van der Waals surface area (Å²) >= 11 is 5.88. The molecule has 0 saturated carbocycles. The average Bonchev–Trinajstić information content (AvgIpc) is 2.72. The van der Waals surface area contributed by atoms with Crippen molar-refractivity contribution in [2.45, 2.75) is 6.92 Å². The van der Waals surface area contributed by atoms with Crippen LogP contribution in [-0.2, 0) is 0 Å². The molecule has 3 rings (SSSR count). The van der Waals surface area contributed by atoms with Crippen molar-refractivity contribution >= 4 is 47.5 Å². The normalized spacial score (nSPS) is 14.4. The van der Waals surface area contributed by atoms with Crippen molar-refractivity contribution in [1.29, 1.82) is 0 Å². The maximum atomic E-state index is 5.88. The summed E-state index contributed by atoms with van der Waals surface area (Å²) in [5.41, 5.74) is 0. The first-order chi connectivity index (χ1) is 13.3. The van der Waals surface area contributed by atoms with Gasteiger partial charge >= 0.3 is 0 Å². The molecule has 1 N–H and O–H groups in total. The number of rotatable bonds is 6. The Balaban J connectivity index is 0.00000280. The number of nitrogens with one attached hydrogen (secondary N) is 1. The SMILES string of the molecule is CCNC(=NCCOc1ccc(Cl)cc1)N1CCN(c2ncccn2)CC1.I. The summed E-state index contributed by atoms with van der Waals surface area (Å²) in [5, 5.41) is 4.07. The van der Waals surface area contributed by atoms with Crippen LogP contribution in [0.15, 0.2) is 47.7 Å². The Labute approximate surface area is 188 Å². The maximum absolute atomic E-state index is 5.88. The van der Waals surface area contributed by atoms with Crippen molar-refractivity contribution in [3.8, 4) is 5.75 Å². The molecule has 0 amide bonds. The van der Waals surface area contributed by atoms with E-state index in [9.17, 15) is 0 Å². The van der Waals surface area contributed by atoms with Crippen LogP contribution in [0.1, 0.15) is 6.92 Å². The van der Waals surface area contributed by atoms with Gasteiger partial charge < -0.3 is 19.9 Å². The Morgan fingerprint density at radius 1 is 1.14 bits per heavy atom. The van der Waals surface area contributed by atoms with E-state index in [-0.39, 0.29) is 24.0 Å². The van der Waals surface area contributed by atoms with Gasteiger partial charge in [0.05, 0.1) is 6.54 Å². The summed E-state index contributed by atoms with van der Waals surface area (Å²) < 4.78 is 5.71. The molecule has 1 aromatic heterocycles. The second-order valence-electron chi connectivity index (χ2n) is 6.06. The Kier molecular flexibility index (Phi) is 9.56. The number of nitrogens with zero attached hydrogens (tertiary/aromatic N) is 5. The number of anilines is 1. The Hall–Kier alpha value is -1.81. The van der Waals surface area contributed by atoms with Crippen LogP contribution in [0.3, 0.4) is 0 Å². The van der Waals surface area contributed by atoms with Gasteiger partial charge in [0.15, 0.2) is 5.96 Å². The fourth-order valence-electron chi connectivity index (χ4n) is 2.84. The molecule has 152 valence electrons. The van der Waals surface area contributed by atoms with Gasteiger partial charge in [-0.15, -0.1) is 24.0 Å². The molecule has 2 heterocycles. The fraction of sp³-hybridized carbons (Fsp3) is 0.421. The minimum Gasteiger partial charge on any atom is -0.492 e. The number of aliphatic imine (C=N–C) groups is 1. The largest absolute Gasteiger partial charge is 0.492 e. The molecular weight excluding hydrogens is 491 g/mol. The van der Waals surface area contributed by atoms with E-state index in [4.69, 9.17) is 21.3 Å². The van der Waals surface area contributed by atoms with Gasteiger partial charge in [0.25, 0.3) is 0 Å². The Morgan fingerprint density at radius 2 is 1.82 bits per heavy atom. The van der Waals surface area contributed by atoms with Crippen LogP contribution in [0.4, 0.5) is 5.95 Å². The fourth-order valence-corrected chi connectivity index (χ4v) is 2.97. The monoisotopic (exact) mass is 516 g/mol. The molecule has 7 nitrogen and oxygen atoms in total. The molecule has 1 aliphatic heterocycles. The summed E-state index contributed by atoms with van der Waals surface area (Å²) in [6.07, 6.45) is 3.56. The number of hydrogen-bond acceptors (Lipinski definition) is 5. The molecule has 1 saturated heterocycles. The number of aromatic nitrogens is 2. The van der Waals surface area contributed by atoms with E-state index in [1.807, 2.05) is 30.3 Å². The third kappa shape index (κ3) is 6.66. The van der Waals surface area contributed by atoms with Gasteiger partial charge in [-0.1, -0.05) is 11.6 Å². The molecule has 0 spiro atoms. The van der Waals surface area contributed by atoms with Crippen molar-refractivity contribution < 1.29 is 4.74 Å². The van der Waals surface area contributed by atoms with E-state index in [0.29, 0.717) is 18.2 Å². The molecule has 0 unspecified atom stereocenters. The van der Waals surface area contributed by atoms with E-state index in [1.165, 1.54) is 0 Å². The summed E-state index contributed by atoms with van der Waals surface area (Å²) in [7, 11) is 0. The zero-order chi connectivity index (χ0) is 18.9. The highest BCUT2D eigenvalue weighted by Crippen LogP contribution is 2.15. The highest BCUT2D eigenvalue weighted by atomic mass is 127. The Bertz CT molecular complexity index is 723. The van der Waals surface area contributed by atoms with Crippen LogP contribution in [0.5, 0.6) is 5.75 Å². The Morgan fingerprint density at radius 3 is 2.46 bits per heavy atom. The summed E-state index contributed by atoms with van der Waals surface area (Å²) in [5.74, 6) is 2.51. The molecular formula is C19H26ClIN6O. The standard InChI is InChI=1S/C19H25ClN6O.HI/c1-2-21-18(24-10-15-27-17-6-4-16(20)5-7-17)25-11-13-26(14-12-25)19-22-8-3-9-23-19;/h3-9H,2,10-15H2,1H3,(H,21,24);1H. The van der Waals surface area contributed by atoms with Gasteiger partial charge in [-0.2, -0.15) is 0 Å². The third-order valence-electron chi connectivity index (χ3n) is 4.18. The van der Waals surface area contributed by atoms with Crippen molar-refractivity contribution in [3.05, 3.63) is 47.7 Å². The van der Waals surface area contributed by atoms with Crippen LogP contribution >= 0.6 is 35.6 Å². The lowest BCUT2D eigenvalue weighted by atomic mass is 10.3. The highest BCUT2D eigenvalue weighted by molar-refractivity contribution is 14.0. The smallest absolute Gasteiger partial charge is 0.225 e. The minimum atomic E-state index is 0. The average molecular weight is 517 g/mol. The zero-order valence-corrected chi connectivity index (χ0v) is 19.0. The van der Waals surface area contributed by atoms with E-state index in [2.05, 4.69) is 32.0 Å². The van der Waals surface area contributed by atoms with Crippen LogP contribution < -0.4 is 15.0 Å². The van der Waals surface area contributed by atoms with Gasteiger partial charge in [-0.25, -0.2) is 15.0 Å². The lowest BCUT2D eigenvalue weighted by molar-refractivity contribution is 0.325.